The molecule has 0 aromatic rings. The second-order valence-corrected chi connectivity index (χ2v) is 3.44. The summed E-state index contributed by atoms with van der Waals surface area (Å²) in [7, 11) is 3.19. The van der Waals surface area contributed by atoms with Gasteiger partial charge in [0.2, 0.25) is 5.66 Å². The fraction of sp³-hybridized carbons (Fsp3) is 0.571. The summed E-state index contributed by atoms with van der Waals surface area (Å²) in [6.07, 6.45) is 0.813. The fourth-order valence-electron chi connectivity index (χ4n) is 1.62. The Bertz CT molecular complexity index is 341. The van der Waals surface area contributed by atoms with Gasteiger partial charge in [-0.3, -0.25) is 15.8 Å². The average molecular weight is 197 g/mol. The molecule has 3 N–H and O–H groups in total. The SMILES string of the molecule is CN1C(=O)NC(=O)[C@]2(N)[C@H]1N=CN2C. The van der Waals surface area contributed by atoms with Gasteiger partial charge < -0.3 is 9.80 Å². The van der Waals surface area contributed by atoms with Crippen molar-refractivity contribution in [2.75, 3.05) is 14.1 Å². The van der Waals surface area contributed by atoms with Crippen LogP contribution in [-0.2, 0) is 4.79 Å². The van der Waals surface area contributed by atoms with Crippen molar-refractivity contribution in [1.29, 1.82) is 0 Å². The molecule has 2 aliphatic rings. The van der Waals surface area contributed by atoms with Crippen molar-refractivity contribution in [3.05, 3.63) is 0 Å². The van der Waals surface area contributed by atoms with Crippen LogP contribution in [0.4, 0.5) is 4.79 Å². The lowest BCUT2D eigenvalue weighted by Crippen LogP contribution is -2.75. The van der Waals surface area contributed by atoms with Gasteiger partial charge in [0.15, 0.2) is 6.17 Å². The molecule has 1 saturated heterocycles. The molecule has 0 saturated carbocycles. The van der Waals surface area contributed by atoms with Crippen LogP contribution in [0.2, 0.25) is 0 Å². The van der Waals surface area contributed by atoms with Crippen LogP contribution in [0.15, 0.2) is 4.99 Å². The van der Waals surface area contributed by atoms with Crippen LogP contribution in [-0.4, -0.2) is 54.0 Å². The van der Waals surface area contributed by atoms with E-state index in [4.69, 9.17) is 5.73 Å². The summed E-state index contributed by atoms with van der Waals surface area (Å²) in [6, 6.07) is -0.478. The molecule has 0 spiro atoms. The maximum Gasteiger partial charge on any atom is 0.325 e. The number of urea groups is 1. The molecule has 1 fully saturated rings. The van der Waals surface area contributed by atoms with E-state index < -0.39 is 23.8 Å². The lowest BCUT2D eigenvalue weighted by molar-refractivity contribution is -0.133. The lowest BCUT2D eigenvalue weighted by Gasteiger charge is -2.41. The third-order valence-electron chi connectivity index (χ3n) is 2.63. The minimum atomic E-state index is -1.28. The first-order valence-corrected chi connectivity index (χ1v) is 4.11. The molecule has 0 aliphatic carbocycles. The monoisotopic (exact) mass is 197 g/mol. The lowest BCUT2D eigenvalue weighted by atomic mass is 10.0. The Morgan fingerprint density at radius 3 is 2.86 bits per heavy atom. The molecule has 2 rings (SSSR count). The van der Waals surface area contributed by atoms with Gasteiger partial charge in [0.1, 0.15) is 0 Å². The number of nitrogens with one attached hydrogen (secondary N) is 1. The average Bonchev–Trinajstić information content (AvgIpc) is 2.42. The van der Waals surface area contributed by atoms with Gasteiger partial charge in [-0.15, -0.1) is 0 Å². The zero-order chi connectivity index (χ0) is 10.5. The number of likely N-dealkylation sites (N-methyl/N-ethyl adjacent to an activating group) is 2. The Balaban J connectivity index is 2.43. The molecule has 0 bridgehead atoms. The molecule has 2 aliphatic heterocycles. The number of carbonyl (C=O) groups excluding carboxylic acids is 2. The number of hydrogen-bond donors (Lipinski definition) is 2. The predicted octanol–water partition coefficient (Wildman–Crippen LogP) is -1.88. The van der Waals surface area contributed by atoms with Gasteiger partial charge in [-0.25, -0.2) is 9.79 Å². The normalized spacial score (nSPS) is 36.1. The molecule has 2 atom stereocenters. The van der Waals surface area contributed by atoms with Crippen molar-refractivity contribution in [2.45, 2.75) is 11.8 Å². The van der Waals surface area contributed by atoms with Crippen molar-refractivity contribution in [3.8, 4) is 0 Å². The molecule has 76 valence electrons. The summed E-state index contributed by atoms with van der Waals surface area (Å²) in [4.78, 5) is 29.6. The summed E-state index contributed by atoms with van der Waals surface area (Å²) in [6.45, 7) is 0. The van der Waals surface area contributed by atoms with E-state index in [9.17, 15) is 9.59 Å². The molecule has 14 heavy (non-hydrogen) atoms. The van der Waals surface area contributed by atoms with Crippen LogP contribution in [0.1, 0.15) is 0 Å². The molecule has 0 aromatic carbocycles. The quantitative estimate of drug-likeness (QED) is 0.475. The molecular weight excluding hydrogens is 186 g/mol. The summed E-state index contributed by atoms with van der Waals surface area (Å²) >= 11 is 0. The first-order chi connectivity index (χ1) is 6.48. The predicted molar refractivity (Wildman–Crippen MR) is 48.3 cm³/mol. The van der Waals surface area contributed by atoms with E-state index in [2.05, 4.69) is 10.3 Å². The van der Waals surface area contributed by atoms with Gasteiger partial charge in [-0.05, 0) is 0 Å². The highest BCUT2D eigenvalue weighted by atomic mass is 16.2. The Kier molecular flexibility index (Phi) is 1.56. The van der Waals surface area contributed by atoms with Gasteiger partial charge in [0.25, 0.3) is 5.91 Å². The van der Waals surface area contributed by atoms with Crippen LogP contribution < -0.4 is 11.1 Å². The minimum absolute atomic E-state index is 0.478. The van der Waals surface area contributed by atoms with Gasteiger partial charge in [-0.1, -0.05) is 0 Å². The molecule has 3 amide bonds. The van der Waals surface area contributed by atoms with E-state index in [1.165, 1.54) is 16.1 Å². The van der Waals surface area contributed by atoms with E-state index in [0.717, 1.165) is 0 Å². The van der Waals surface area contributed by atoms with Gasteiger partial charge in [0, 0.05) is 14.1 Å². The van der Waals surface area contributed by atoms with Gasteiger partial charge >= 0.3 is 6.03 Å². The van der Waals surface area contributed by atoms with Crippen LogP contribution in [0, 0.1) is 0 Å². The van der Waals surface area contributed by atoms with E-state index in [-0.39, 0.29) is 0 Å². The Morgan fingerprint density at radius 1 is 1.57 bits per heavy atom. The first-order valence-electron chi connectivity index (χ1n) is 4.11. The maximum atomic E-state index is 11.6. The van der Waals surface area contributed by atoms with Crippen LogP contribution >= 0.6 is 0 Å². The minimum Gasteiger partial charge on any atom is -0.337 e. The second-order valence-electron chi connectivity index (χ2n) is 3.44. The van der Waals surface area contributed by atoms with E-state index in [1.807, 2.05) is 0 Å². The van der Waals surface area contributed by atoms with Crippen LogP contribution in [0.3, 0.4) is 0 Å². The molecule has 0 aromatic heterocycles. The van der Waals surface area contributed by atoms with Crippen molar-refractivity contribution in [1.82, 2.24) is 15.1 Å². The topological polar surface area (TPSA) is 91.0 Å². The van der Waals surface area contributed by atoms with Crippen molar-refractivity contribution in [2.24, 2.45) is 10.7 Å². The number of fused-ring (bicyclic) bond motifs is 1. The highest BCUT2D eigenvalue weighted by molar-refractivity contribution is 6.04. The molecule has 0 unspecified atom stereocenters. The third kappa shape index (κ3) is 0.818. The maximum absolute atomic E-state index is 11.6. The summed E-state index contributed by atoms with van der Waals surface area (Å²) in [5.74, 6) is -0.523. The van der Waals surface area contributed by atoms with E-state index in [1.54, 1.807) is 14.1 Å². The molecule has 7 heteroatoms. The smallest absolute Gasteiger partial charge is 0.325 e. The fourth-order valence-corrected chi connectivity index (χ4v) is 1.62. The van der Waals surface area contributed by atoms with E-state index >= 15 is 0 Å². The third-order valence-corrected chi connectivity index (χ3v) is 2.63. The number of amides is 3. The number of rotatable bonds is 0. The molecular formula is C7H11N5O2. The van der Waals surface area contributed by atoms with Crippen molar-refractivity contribution < 1.29 is 9.59 Å². The molecule has 0 radical (unpaired) electrons. The van der Waals surface area contributed by atoms with Crippen molar-refractivity contribution in [3.63, 3.8) is 0 Å². The van der Waals surface area contributed by atoms with Crippen molar-refractivity contribution >= 4 is 18.3 Å². The number of nitrogens with two attached hydrogens (primary N) is 1. The number of aliphatic imine (C=N–C) groups is 1. The Morgan fingerprint density at radius 2 is 2.21 bits per heavy atom. The van der Waals surface area contributed by atoms with Crippen LogP contribution in [0.5, 0.6) is 0 Å². The molecule has 7 nitrogen and oxygen atoms in total. The summed E-state index contributed by atoms with van der Waals surface area (Å²) in [5.41, 5.74) is 4.62. The number of carbonyl (C=O) groups is 2. The Labute approximate surface area is 80.5 Å². The highest BCUT2D eigenvalue weighted by Crippen LogP contribution is 2.25. The first kappa shape index (κ1) is 8.95. The number of hydrogen-bond acceptors (Lipinski definition) is 5. The number of imide groups is 1. The summed E-state index contributed by atoms with van der Waals surface area (Å²) < 4.78 is 0. The Hall–Kier alpha value is -1.63. The summed E-state index contributed by atoms with van der Waals surface area (Å²) in [5, 5.41) is 2.17. The second kappa shape index (κ2) is 2.44. The number of nitrogens with zero attached hydrogens (tertiary/aromatic N) is 3. The largest absolute Gasteiger partial charge is 0.337 e. The standard InChI is InChI=1S/C7H11N5O2/c1-11-3-9-4-7(11,8)5(13)10-6(14)12(4)2/h3-4H,8H2,1-2H3,(H,10,13,14)/t4-,7-/m0/s1. The molecule has 2 heterocycles. The zero-order valence-corrected chi connectivity index (χ0v) is 7.89. The van der Waals surface area contributed by atoms with Crippen LogP contribution in [0.25, 0.3) is 0 Å². The van der Waals surface area contributed by atoms with E-state index in [0.29, 0.717) is 0 Å². The highest BCUT2D eigenvalue weighted by Gasteiger charge is 2.55. The van der Waals surface area contributed by atoms with Gasteiger partial charge in [-0.2, -0.15) is 0 Å². The zero-order valence-electron chi connectivity index (χ0n) is 7.89. The van der Waals surface area contributed by atoms with Gasteiger partial charge in [0.05, 0.1) is 6.34 Å².